The number of hydrogen-bond donors (Lipinski definition) is 0. The van der Waals surface area contributed by atoms with Crippen molar-refractivity contribution in [2.24, 2.45) is 0 Å². The first-order chi connectivity index (χ1) is 11.9. The standard InChI is InChI=1S/C21H20BrNO2/c1-13-5-6-16(11-14(13)2)20-12-19(21(24)25-4)15(3)23(20)18-9-7-17(22)8-10-18/h5-12H,1-4H3. The number of ether oxygens (including phenoxy) is 1. The van der Waals surface area contributed by atoms with Gasteiger partial charge in [0.25, 0.3) is 0 Å². The molecule has 3 nitrogen and oxygen atoms in total. The molecular formula is C21H20BrNO2. The largest absolute Gasteiger partial charge is 0.465 e. The molecule has 3 aromatic rings. The Morgan fingerprint density at radius 2 is 1.64 bits per heavy atom. The predicted octanol–water partition coefficient (Wildman–Crippen LogP) is 5.62. The third-order valence-electron chi connectivity index (χ3n) is 4.54. The van der Waals surface area contributed by atoms with E-state index < -0.39 is 0 Å². The minimum atomic E-state index is -0.321. The van der Waals surface area contributed by atoms with Gasteiger partial charge >= 0.3 is 5.97 Å². The molecule has 0 atom stereocenters. The van der Waals surface area contributed by atoms with E-state index in [1.54, 1.807) is 0 Å². The molecule has 0 saturated heterocycles. The van der Waals surface area contributed by atoms with Crippen LogP contribution >= 0.6 is 15.9 Å². The van der Waals surface area contributed by atoms with Crippen LogP contribution in [-0.2, 0) is 4.74 Å². The van der Waals surface area contributed by atoms with Crippen molar-refractivity contribution in [2.45, 2.75) is 20.8 Å². The third kappa shape index (κ3) is 3.27. The lowest BCUT2D eigenvalue weighted by atomic mass is 10.0. The lowest BCUT2D eigenvalue weighted by molar-refractivity contribution is 0.0600. The zero-order valence-corrected chi connectivity index (χ0v) is 16.3. The highest BCUT2D eigenvalue weighted by Gasteiger charge is 2.20. The molecule has 1 heterocycles. The summed E-state index contributed by atoms with van der Waals surface area (Å²) in [6.07, 6.45) is 0. The first-order valence-corrected chi connectivity index (χ1v) is 8.86. The van der Waals surface area contributed by atoms with Crippen molar-refractivity contribution < 1.29 is 9.53 Å². The summed E-state index contributed by atoms with van der Waals surface area (Å²) in [6, 6.07) is 16.3. The second-order valence-electron chi connectivity index (χ2n) is 6.13. The predicted molar refractivity (Wildman–Crippen MR) is 104 cm³/mol. The molecule has 1 aromatic heterocycles. The van der Waals surface area contributed by atoms with E-state index in [-0.39, 0.29) is 5.97 Å². The molecule has 3 rings (SSSR count). The molecule has 0 aliphatic carbocycles. The highest BCUT2D eigenvalue weighted by atomic mass is 79.9. The van der Waals surface area contributed by atoms with Gasteiger partial charge in [-0.3, -0.25) is 0 Å². The topological polar surface area (TPSA) is 31.2 Å². The molecule has 0 radical (unpaired) electrons. The van der Waals surface area contributed by atoms with Crippen LogP contribution in [0.4, 0.5) is 0 Å². The smallest absolute Gasteiger partial charge is 0.339 e. The van der Waals surface area contributed by atoms with E-state index in [0.29, 0.717) is 5.56 Å². The molecule has 0 N–H and O–H groups in total. The number of halogens is 1. The van der Waals surface area contributed by atoms with Crippen molar-refractivity contribution in [1.82, 2.24) is 4.57 Å². The summed E-state index contributed by atoms with van der Waals surface area (Å²) < 4.78 is 8.08. The summed E-state index contributed by atoms with van der Waals surface area (Å²) in [7, 11) is 1.41. The van der Waals surface area contributed by atoms with Crippen molar-refractivity contribution in [3.63, 3.8) is 0 Å². The molecule has 0 aliphatic heterocycles. The van der Waals surface area contributed by atoms with Crippen LogP contribution < -0.4 is 0 Å². The van der Waals surface area contributed by atoms with Crippen LogP contribution in [0.25, 0.3) is 16.9 Å². The van der Waals surface area contributed by atoms with Crippen LogP contribution in [0, 0.1) is 20.8 Å². The Kier molecular flexibility index (Phi) is 4.82. The first-order valence-electron chi connectivity index (χ1n) is 8.06. The quantitative estimate of drug-likeness (QED) is 0.537. The molecule has 0 spiro atoms. The number of hydrogen-bond acceptors (Lipinski definition) is 2. The number of carbonyl (C=O) groups is 1. The number of esters is 1. The number of aryl methyl sites for hydroxylation is 2. The fraction of sp³-hybridized carbons (Fsp3) is 0.190. The maximum absolute atomic E-state index is 12.2. The summed E-state index contributed by atoms with van der Waals surface area (Å²) in [6.45, 7) is 6.14. The highest BCUT2D eigenvalue weighted by Crippen LogP contribution is 2.31. The molecular weight excluding hydrogens is 378 g/mol. The lowest BCUT2D eigenvalue weighted by Crippen LogP contribution is -2.04. The number of methoxy groups -OCH3 is 1. The number of carbonyl (C=O) groups excluding carboxylic acids is 1. The van der Waals surface area contributed by atoms with Gasteiger partial charge in [0.15, 0.2) is 0 Å². The number of nitrogens with zero attached hydrogens (tertiary/aromatic N) is 1. The van der Waals surface area contributed by atoms with Crippen molar-refractivity contribution in [1.29, 1.82) is 0 Å². The van der Waals surface area contributed by atoms with Crippen molar-refractivity contribution in [3.8, 4) is 16.9 Å². The highest BCUT2D eigenvalue weighted by molar-refractivity contribution is 9.10. The lowest BCUT2D eigenvalue weighted by Gasteiger charge is -2.13. The van der Waals surface area contributed by atoms with Gasteiger partial charge in [0.2, 0.25) is 0 Å². The van der Waals surface area contributed by atoms with Gasteiger partial charge in [-0.05, 0) is 73.9 Å². The molecule has 25 heavy (non-hydrogen) atoms. The van der Waals surface area contributed by atoms with Gasteiger partial charge in [-0.15, -0.1) is 0 Å². The third-order valence-corrected chi connectivity index (χ3v) is 5.07. The average molecular weight is 398 g/mol. The summed E-state index contributed by atoms with van der Waals surface area (Å²) in [5, 5.41) is 0. The monoisotopic (exact) mass is 397 g/mol. The maximum Gasteiger partial charge on any atom is 0.339 e. The minimum Gasteiger partial charge on any atom is -0.465 e. The van der Waals surface area contributed by atoms with Crippen molar-refractivity contribution in [3.05, 3.63) is 75.4 Å². The zero-order valence-electron chi connectivity index (χ0n) is 14.8. The fourth-order valence-corrected chi connectivity index (χ4v) is 3.22. The normalized spacial score (nSPS) is 10.8. The average Bonchev–Trinajstić information content (AvgIpc) is 2.95. The maximum atomic E-state index is 12.2. The molecule has 0 bridgehead atoms. The Hall–Kier alpha value is -2.33. The van der Waals surface area contributed by atoms with Crippen LogP contribution in [-0.4, -0.2) is 17.6 Å². The Bertz CT molecular complexity index is 939. The molecule has 2 aromatic carbocycles. The van der Waals surface area contributed by atoms with Gasteiger partial charge in [0, 0.05) is 15.9 Å². The molecule has 0 fully saturated rings. The van der Waals surface area contributed by atoms with Crippen LogP contribution in [0.2, 0.25) is 0 Å². The van der Waals surface area contributed by atoms with Gasteiger partial charge in [0.05, 0.1) is 18.4 Å². The Balaban J connectivity index is 2.27. The summed E-state index contributed by atoms with van der Waals surface area (Å²) >= 11 is 3.47. The second kappa shape index (κ2) is 6.89. The summed E-state index contributed by atoms with van der Waals surface area (Å²) in [5.41, 5.74) is 6.96. The molecule has 0 aliphatic rings. The van der Waals surface area contributed by atoms with E-state index in [1.807, 2.05) is 37.3 Å². The number of aromatic nitrogens is 1. The summed E-state index contributed by atoms with van der Waals surface area (Å²) in [4.78, 5) is 12.2. The van der Waals surface area contributed by atoms with E-state index in [2.05, 4.69) is 52.5 Å². The molecule has 0 saturated carbocycles. The molecule has 128 valence electrons. The van der Waals surface area contributed by atoms with Gasteiger partial charge in [-0.2, -0.15) is 0 Å². The zero-order chi connectivity index (χ0) is 18.1. The van der Waals surface area contributed by atoms with E-state index >= 15 is 0 Å². The van der Waals surface area contributed by atoms with Gasteiger partial charge < -0.3 is 9.30 Å². The molecule has 4 heteroatoms. The van der Waals surface area contributed by atoms with E-state index in [0.717, 1.165) is 27.1 Å². The Morgan fingerprint density at radius 1 is 0.960 bits per heavy atom. The summed E-state index contributed by atoms with van der Waals surface area (Å²) in [5.74, 6) is -0.321. The van der Waals surface area contributed by atoms with Gasteiger partial charge in [-0.25, -0.2) is 4.79 Å². The Labute approximate surface area is 156 Å². The molecule has 0 amide bonds. The van der Waals surface area contributed by atoms with E-state index in [4.69, 9.17) is 4.74 Å². The van der Waals surface area contributed by atoms with Crippen LogP contribution in [0.15, 0.2) is 53.0 Å². The van der Waals surface area contributed by atoms with Gasteiger partial charge in [-0.1, -0.05) is 28.1 Å². The molecule has 0 unspecified atom stereocenters. The fourth-order valence-electron chi connectivity index (χ4n) is 2.96. The number of rotatable bonds is 3. The first kappa shape index (κ1) is 17.5. The van der Waals surface area contributed by atoms with Crippen molar-refractivity contribution >= 4 is 21.9 Å². The van der Waals surface area contributed by atoms with E-state index in [9.17, 15) is 4.79 Å². The number of benzene rings is 2. The van der Waals surface area contributed by atoms with Crippen molar-refractivity contribution in [2.75, 3.05) is 7.11 Å². The van der Waals surface area contributed by atoms with Crippen LogP contribution in [0.5, 0.6) is 0 Å². The minimum absolute atomic E-state index is 0.321. The SMILES string of the molecule is COC(=O)c1cc(-c2ccc(C)c(C)c2)n(-c2ccc(Br)cc2)c1C. The van der Waals surface area contributed by atoms with Crippen LogP contribution in [0.1, 0.15) is 27.2 Å². The van der Waals surface area contributed by atoms with Crippen LogP contribution in [0.3, 0.4) is 0 Å². The Morgan fingerprint density at radius 3 is 2.24 bits per heavy atom. The second-order valence-corrected chi connectivity index (χ2v) is 7.05. The van der Waals surface area contributed by atoms with E-state index in [1.165, 1.54) is 18.2 Å². The van der Waals surface area contributed by atoms with Gasteiger partial charge in [0.1, 0.15) is 0 Å².